The predicted molar refractivity (Wildman–Crippen MR) is 171 cm³/mol. The Hall–Kier alpha value is -5.76. The van der Waals surface area contributed by atoms with E-state index in [9.17, 15) is 19.2 Å². The molecule has 4 aromatic rings. The first-order chi connectivity index (χ1) is 21.5. The summed E-state index contributed by atoms with van der Waals surface area (Å²) in [6.07, 6.45) is 5.03. The fourth-order valence-electron chi connectivity index (χ4n) is 5.36. The lowest BCUT2D eigenvalue weighted by atomic mass is 9.77. The van der Waals surface area contributed by atoms with Crippen LogP contribution in [0.5, 0.6) is 23.0 Å². The van der Waals surface area contributed by atoms with E-state index in [2.05, 4.69) is 38.1 Å². The smallest absolute Gasteiger partial charge is 0.258 e. The minimum Gasteiger partial charge on any atom is -0.457 e. The first-order valence-corrected chi connectivity index (χ1v) is 14.4. The van der Waals surface area contributed by atoms with Crippen molar-refractivity contribution in [3.05, 3.63) is 131 Å². The molecule has 0 bridgehead atoms. The Morgan fingerprint density at radius 1 is 0.489 bits per heavy atom. The van der Waals surface area contributed by atoms with Crippen LogP contribution in [-0.2, 0) is 24.6 Å². The highest BCUT2D eigenvalue weighted by Crippen LogP contribution is 2.38. The van der Waals surface area contributed by atoms with Crippen LogP contribution in [0.4, 0.5) is 11.4 Å². The van der Waals surface area contributed by atoms with E-state index < -0.39 is 0 Å². The lowest BCUT2D eigenvalue weighted by molar-refractivity contribution is -0.121. The third-order valence-corrected chi connectivity index (χ3v) is 8.06. The zero-order valence-corrected chi connectivity index (χ0v) is 25.2. The van der Waals surface area contributed by atoms with Crippen LogP contribution in [0.25, 0.3) is 0 Å². The number of hydrogen-bond donors (Lipinski definition) is 0. The molecule has 224 valence electrons. The number of rotatable bonds is 8. The van der Waals surface area contributed by atoms with E-state index in [1.54, 1.807) is 48.5 Å². The van der Waals surface area contributed by atoms with Gasteiger partial charge in [-0.05, 0) is 96.8 Å². The Kier molecular flexibility index (Phi) is 7.42. The van der Waals surface area contributed by atoms with E-state index in [-0.39, 0.29) is 29.0 Å². The molecule has 8 heteroatoms. The minimum absolute atomic E-state index is 0.318. The zero-order valence-electron chi connectivity index (χ0n) is 25.2. The van der Waals surface area contributed by atoms with Gasteiger partial charge in [-0.25, -0.2) is 9.80 Å². The van der Waals surface area contributed by atoms with Gasteiger partial charge in [-0.3, -0.25) is 19.2 Å². The fourth-order valence-corrected chi connectivity index (χ4v) is 5.36. The van der Waals surface area contributed by atoms with Crippen LogP contribution in [0.1, 0.15) is 36.1 Å². The van der Waals surface area contributed by atoms with Gasteiger partial charge in [-0.15, -0.1) is 0 Å². The maximum atomic E-state index is 12.0. The monoisotopic (exact) mass is 598 g/mol. The van der Waals surface area contributed by atoms with Crippen LogP contribution in [0.15, 0.2) is 109 Å². The fraction of sp³-hybridized carbons (Fsp3) is 0.135. The number of amides is 4. The van der Waals surface area contributed by atoms with E-state index >= 15 is 0 Å². The van der Waals surface area contributed by atoms with Gasteiger partial charge < -0.3 is 9.47 Å². The molecular weight excluding hydrogens is 568 g/mol. The molecule has 0 aromatic heterocycles. The maximum absolute atomic E-state index is 12.0. The van der Waals surface area contributed by atoms with Crippen LogP contribution in [0, 0.1) is 13.8 Å². The van der Waals surface area contributed by atoms with Gasteiger partial charge in [0.2, 0.25) is 0 Å². The Labute approximate surface area is 260 Å². The third kappa shape index (κ3) is 5.65. The molecule has 0 unspecified atom stereocenters. The number of benzene rings is 4. The van der Waals surface area contributed by atoms with Crippen molar-refractivity contribution in [3.8, 4) is 23.0 Å². The molecule has 2 aliphatic heterocycles. The molecule has 45 heavy (non-hydrogen) atoms. The minimum atomic E-state index is -0.361. The molecule has 4 aromatic carbocycles. The molecule has 0 N–H and O–H groups in total. The first-order valence-electron chi connectivity index (χ1n) is 14.4. The average Bonchev–Trinajstić information content (AvgIpc) is 3.54. The molecule has 0 spiro atoms. The van der Waals surface area contributed by atoms with Crippen LogP contribution in [0.2, 0.25) is 0 Å². The summed E-state index contributed by atoms with van der Waals surface area (Å²) in [5, 5.41) is 0. The SMILES string of the molecule is Cc1cc(C(C)(C)c2ccc(Oc3ccc(N4C(=O)C=CC4=O)cc3)c(C)c2)ccc1Oc1ccc(N2C(=O)C=CC2=O)cc1. The number of carbonyl (C=O) groups excluding carboxylic acids is 4. The number of anilines is 2. The molecular formula is C37H30N2O6. The van der Waals surface area contributed by atoms with Gasteiger partial charge in [0.1, 0.15) is 23.0 Å². The molecule has 8 nitrogen and oxygen atoms in total. The quantitative estimate of drug-likeness (QED) is 0.201. The van der Waals surface area contributed by atoms with E-state index in [0.29, 0.717) is 34.4 Å². The van der Waals surface area contributed by atoms with E-state index in [4.69, 9.17) is 9.47 Å². The maximum Gasteiger partial charge on any atom is 0.258 e. The first kappa shape index (κ1) is 29.3. The molecule has 0 saturated carbocycles. The van der Waals surface area contributed by atoms with Crippen molar-refractivity contribution in [3.63, 3.8) is 0 Å². The highest BCUT2D eigenvalue weighted by atomic mass is 16.5. The summed E-state index contributed by atoms with van der Waals surface area (Å²) in [6, 6.07) is 25.9. The van der Waals surface area contributed by atoms with Crippen molar-refractivity contribution < 1.29 is 28.7 Å². The summed E-state index contributed by atoms with van der Waals surface area (Å²) >= 11 is 0. The lowest BCUT2D eigenvalue weighted by Gasteiger charge is -2.28. The van der Waals surface area contributed by atoms with Crippen LogP contribution >= 0.6 is 0 Å². The molecule has 4 amide bonds. The molecule has 0 atom stereocenters. The summed E-state index contributed by atoms with van der Waals surface area (Å²) in [4.78, 5) is 50.1. The van der Waals surface area contributed by atoms with E-state index in [1.807, 2.05) is 26.0 Å². The Bertz CT molecular complexity index is 1740. The second-order valence-electron chi connectivity index (χ2n) is 11.5. The van der Waals surface area contributed by atoms with Gasteiger partial charge in [0.15, 0.2) is 0 Å². The second kappa shape index (κ2) is 11.4. The van der Waals surface area contributed by atoms with Gasteiger partial charge in [0, 0.05) is 29.7 Å². The Balaban J connectivity index is 1.14. The standard InChI is InChI=1S/C37H30N2O6/c1-23-21-25(5-15-31(23)44-29-11-7-27(8-12-29)38-33(40)17-18-34(38)41)37(3,4)26-6-16-32(24(2)22-26)45-30-13-9-28(10-14-30)39-35(42)19-20-36(39)43/h5-22H,1-4H3. The van der Waals surface area contributed by atoms with Gasteiger partial charge in [-0.2, -0.15) is 0 Å². The summed E-state index contributed by atoms with van der Waals surface area (Å²) in [5.74, 6) is 1.16. The molecule has 6 rings (SSSR count). The van der Waals surface area contributed by atoms with Crippen LogP contribution in [0.3, 0.4) is 0 Å². The van der Waals surface area contributed by atoms with Crippen LogP contribution < -0.4 is 19.3 Å². The lowest BCUT2D eigenvalue weighted by Crippen LogP contribution is -2.29. The topological polar surface area (TPSA) is 93.2 Å². The Morgan fingerprint density at radius 2 is 0.822 bits per heavy atom. The number of nitrogens with zero attached hydrogens (tertiary/aromatic N) is 2. The molecule has 2 aliphatic rings. The summed E-state index contributed by atoms with van der Waals surface area (Å²) in [7, 11) is 0. The van der Waals surface area contributed by atoms with Crippen molar-refractivity contribution >= 4 is 35.0 Å². The molecule has 0 radical (unpaired) electrons. The highest BCUT2D eigenvalue weighted by molar-refractivity contribution is 6.28. The van der Waals surface area contributed by atoms with Gasteiger partial charge in [-0.1, -0.05) is 38.1 Å². The van der Waals surface area contributed by atoms with Crippen molar-refractivity contribution in [1.82, 2.24) is 0 Å². The van der Waals surface area contributed by atoms with Crippen molar-refractivity contribution in [2.75, 3.05) is 9.80 Å². The van der Waals surface area contributed by atoms with Crippen molar-refractivity contribution in [2.24, 2.45) is 0 Å². The number of aryl methyl sites for hydroxylation is 2. The summed E-state index contributed by atoms with van der Waals surface area (Å²) < 4.78 is 12.3. The summed E-state index contributed by atoms with van der Waals surface area (Å²) in [5.41, 5.74) is 4.83. The van der Waals surface area contributed by atoms with E-state index in [1.165, 1.54) is 24.3 Å². The molecule has 0 fully saturated rings. The van der Waals surface area contributed by atoms with E-state index in [0.717, 1.165) is 32.1 Å². The van der Waals surface area contributed by atoms with Gasteiger partial charge in [0.25, 0.3) is 23.6 Å². The second-order valence-corrected chi connectivity index (χ2v) is 11.5. The highest BCUT2D eigenvalue weighted by Gasteiger charge is 2.27. The number of imide groups is 2. The number of carbonyl (C=O) groups is 4. The predicted octanol–water partition coefficient (Wildman–Crippen LogP) is 7.07. The summed E-state index contributed by atoms with van der Waals surface area (Å²) in [6.45, 7) is 8.33. The average molecular weight is 599 g/mol. The van der Waals surface area contributed by atoms with Crippen molar-refractivity contribution in [2.45, 2.75) is 33.1 Å². The van der Waals surface area contributed by atoms with Crippen LogP contribution in [-0.4, -0.2) is 23.6 Å². The number of hydrogen-bond acceptors (Lipinski definition) is 6. The molecule has 2 heterocycles. The zero-order chi connectivity index (χ0) is 31.9. The normalized spacial score (nSPS) is 14.6. The third-order valence-electron chi connectivity index (χ3n) is 8.06. The number of ether oxygens (including phenoxy) is 2. The Morgan fingerprint density at radius 3 is 1.13 bits per heavy atom. The van der Waals surface area contributed by atoms with Gasteiger partial charge in [0.05, 0.1) is 11.4 Å². The van der Waals surface area contributed by atoms with Gasteiger partial charge >= 0.3 is 0 Å². The molecule has 0 saturated heterocycles. The van der Waals surface area contributed by atoms with Crippen molar-refractivity contribution in [1.29, 1.82) is 0 Å². The largest absolute Gasteiger partial charge is 0.457 e. The molecule has 0 aliphatic carbocycles.